The van der Waals surface area contributed by atoms with Crippen LogP contribution in [0.1, 0.15) is 20.3 Å². The monoisotopic (exact) mass is 411 g/mol. The van der Waals surface area contributed by atoms with Crippen LogP contribution in [0, 0.1) is 17.5 Å². The smallest absolute Gasteiger partial charge is 0.317 e. The second kappa shape index (κ2) is 11.4. The molecule has 1 rings (SSSR count). The van der Waals surface area contributed by atoms with Gasteiger partial charge in [0.15, 0.2) is 17.5 Å². The number of hydrogen-bond acceptors (Lipinski definition) is 4. The van der Waals surface area contributed by atoms with Gasteiger partial charge in [0, 0.05) is 0 Å². The highest BCUT2D eigenvalue weighted by Gasteiger charge is 2.23. The van der Waals surface area contributed by atoms with Gasteiger partial charge >= 0.3 is 5.97 Å². The normalized spacial score (nSPS) is 11.5. The van der Waals surface area contributed by atoms with Gasteiger partial charge in [-0.1, -0.05) is 6.92 Å². The van der Waals surface area contributed by atoms with Gasteiger partial charge in [-0.25, -0.2) is 13.2 Å². The number of rotatable bonds is 9. The summed E-state index contributed by atoms with van der Waals surface area (Å²) >= 11 is 0. The number of aliphatic carboxylic acids is 1. The highest BCUT2D eigenvalue weighted by molar-refractivity contribution is 5.95. The van der Waals surface area contributed by atoms with Crippen molar-refractivity contribution in [3.05, 3.63) is 29.6 Å². The average molecular weight is 412 g/mol. The first kappa shape index (κ1) is 24.7. The average Bonchev–Trinajstić information content (AvgIpc) is 2.58. The van der Waals surface area contributed by atoms with Crippen molar-refractivity contribution in [2.75, 3.05) is 25.0 Å². The molecule has 0 bridgehead atoms. The lowest BCUT2D eigenvalue weighted by Gasteiger charge is -2.26. The van der Waals surface area contributed by atoms with Crippen molar-refractivity contribution in [1.29, 1.82) is 0 Å². The van der Waals surface area contributed by atoms with Gasteiger partial charge in [0.1, 0.15) is 0 Å². The molecule has 3 N–H and O–H groups in total. The summed E-state index contributed by atoms with van der Waals surface area (Å²) in [6.45, 7) is 2.79. The van der Waals surface area contributed by atoms with E-state index in [0.29, 0.717) is 19.0 Å². The molecule has 0 aliphatic carbocycles. The van der Waals surface area contributed by atoms with Crippen molar-refractivity contribution >= 4 is 35.9 Å². The molecule has 0 radical (unpaired) electrons. The van der Waals surface area contributed by atoms with E-state index in [1.807, 2.05) is 12.2 Å². The zero-order chi connectivity index (χ0) is 19.9. The molecular weight excluding hydrogens is 391 g/mol. The van der Waals surface area contributed by atoms with Crippen LogP contribution >= 0.6 is 12.4 Å². The molecular formula is C16H21ClF3N3O4. The van der Waals surface area contributed by atoms with Crippen molar-refractivity contribution in [3.8, 4) is 0 Å². The van der Waals surface area contributed by atoms with Crippen molar-refractivity contribution in [3.63, 3.8) is 0 Å². The second-order valence-electron chi connectivity index (χ2n) is 5.53. The first-order chi connectivity index (χ1) is 12.2. The van der Waals surface area contributed by atoms with Gasteiger partial charge in [0.2, 0.25) is 11.8 Å². The lowest BCUT2D eigenvalue weighted by Crippen LogP contribution is -2.48. The van der Waals surface area contributed by atoms with E-state index in [1.165, 1.54) is 11.8 Å². The summed E-state index contributed by atoms with van der Waals surface area (Å²) in [6, 6.07) is 0.702. The van der Waals surface area contributed by atoms with Crippen LogP contribution in [0.4, 0.5) is 18.9 Å². The lowest BCUT2D eigenvalue weighted by molar-refractivity contribution is -0.140. The summed E-state index contributed by atoms with van der Waals surface area (Å²) in [5.74, 6) is -7.20. The number of amides is 2. The maximum absolute atomic E-state index is 13.5. The molecule has 1 atom stereocenters. The number of carboxylic acids is 1. The fraction of sp³-hybridized carbons (Fsp3) is 0.438. The largest absolute Gasteiger partial charge is 0.480 e. The van der Waals surface area contributed by atoms with E-state index in [-0.39, 0.29) is 19.0 Å². The highest BCUT2D eigenvalue weighted by Crippen LogP contribution is 2.19. The van der Waals surface area contributed by atoms with Crippen molar-refractivity contribution in [1.82, 2.24) is 10.2 Å². The number of nitrogens with zero attached hydrogens (tertiary/aromatic N) is 1. The minimum Gasteiger partial charge on any atom is -0.480 e. The molecule has 0 aliphatic heterocycles. The standard InChI is InChI=1S/C16H20F3N3O4.ClH/c1-3-6-22(8-13(24)25)9(2)16(26)20-7-12(23)21-11-5-4-10(17)14(18)15(11)19;/h4-5,9H,3,6-8H2,1-2H3,(H,20,26)(H,21,23)(H,24,25);1H. The van der Waals surface area contributed by atoms with E-state index in [1.54, 1.807) is 0 Å². The van der Waals surface area contributed by atoms with Gasteiger partial charge in [0.25, 0.3) is 0 Å². The first-order valence-electron chi connectivity index (χ1n) is 7.84. The molecule has 0 fully saturated rings. The number of nitrogens with one attached hydrogen (secondary N) is 2. The van der Waals surface area contributed by atoms with Crippen LogP contribution in [0.25, 0.3) is 0 Å². The van der Waals surface area contributed by atoms with E-state index in [2.05, 4.69) is 5.32 Å². The summed E-state index contributed by atoms with van der Waals surface area (Å²) in [6.07, 6.45) is 0.626. The third kappa shape index (κ3) is 7.43. The minimum absolute atomic E-state index is 0. The van der Waals surface area contributed by atoms with Crippen LogP contribution in [-0.2, 0) is 14.4 Å². The molecule has 152 valence electrons. The Morgan fingerprint density at radius 2 is 1.81 bits per heavy atom. The number of carbonyl (C=O) groups excluding carboxylic acids is 2. The van der Waals surface area contributed by atoms with Gasteiger partial charge in [-0.2, -0.15) is 0 Å². The summed E-state index contributed by atoms with van der Waals surface area (Å²) in [4.78, 5) is 36.1. The van der Waals surface area contributed by atoms with Gasteiger partial charge < -0.3 is 15.7 Å². The summed E-state index contributed by atoms with van der Waals surface area (Å²) in [5, 5.41) is 13.2. The minimum atomic E-state index is -1.72. The lowest BCUT2D eigenvalue weighted by atomic mass is 10.2. The van der Waals surface area contributed by atoms with Crippen LogP contribution < -0.4 is 10.6 Å². The molecule has 1 aromatic rings. The SMILES string of the molecule is CCCN(CC(=O)O)C(C)C(=O)NCC(=O)Nc1ccc(F)c(F)c1F.Cl. The first-order valence-corrected chi connectivity index (χ1v) is 7.84. The quantitative estimate of drug-likeness (QED) is 0.538. The van der Waals surface area contributed by atoms with Crippen LogP contribution in [0.15, 0.2) is 12.1 Å². The van der Waals surface area contributed by atoms with Gasteiger partial charge in [-0.05, 0) is 32.0 Å². The van der Waals surface area contributed by atoms with Crippen molar-refractivity contribution < 1.29 is 32.7 Å². The zero-order valence-electron chi connectivity index (χ0n) is 14.7. The third-order valence-electron chi connectivity index (χ3n) is 3.51. The molecule has 1 aromatic carbocycles. The van der Waals surface area contributed by atoms with Gasteiger partial charge in [0.05, 0.1) is 24.8 Å². The number of halogens is 4. The second-order valence-corrected chi connectivity index (χ2v) is 5.53. The Balaban J connectivity index is 0.00000676. The predicted molar refractivity (Wildman–Crippen MR) is 94.2 cm³/mol. The molecule has 0 heterocycles. The molecule has 0 spiro atoms. The van der Waals surface area contributed by atoms with E-state index >= 15 is 0 Å². The Labute approximate surface area is 160 Å². The van der Waals surface area contributed by atoms with Crippen LogP contribution in [0.5, 0.6) is 0 Å². The van der Waals surface area contributed by atoms with Gasteiger partial charge in [-0.3, -0.25) is 19.3 Å². The molecule has 2 amide bonds. The molecule has 27 heavy (non-hydrogen) atoms. The molecule has 0 aromatic heterocycles. The molecule has 0 aliphatic rings. The topological polar surface area (TPSA) is 98.7 Å². The van der Waals surface area contributed by atoms with Crippen molar-refractivity contribution in [2.24, 2.45) is 0 Å². The van der Waals surface area contributed by atoms with Crippen LogP contribution in [0.3, 0.4) is 0 Å². The molecule has 7 nitrogen and oxygen atoms in total. The maximum atomic E-state index is 13.5. The molecule has 0 saturated heterocycles. The van der Waals surface area contributed by atoms with E-state index in [9.17, 15) is 27.6 Å². The third-order valence-corrected chi connectivity index (χ3v) is 3.51. The Morgan fingerprint density at radius 3 is 2.37 bits per heavy atom. The van der Waals surface area contributed by atoms with E-state index in [4.69, 9.17) is 5.11 Å². The number of anilines is 1. The summed E-state index contributed by atoms with van der Waals surface area (Å²) in [5.41, 5.74) is -0.560. The fourth-order valence-electron chi connectivity index (χ4n) is 2.17. The fourth-order valence-corrected chi connectivity index (χ4v) is 2.17. The summed E-state index contributed by atoms with van der Waals surface area (Å²) in [7, 11) is 0. The van der Waals surface area contributed by atoms with E-state index in [0.717, 1.165) is 6.07 Å². The predicted octanol–water partition coefficient (Wildman–Crippen LogP) is 1.77. The van der Waals surface area contributed by atoms with E-state index < -0.39 is 53.5 Å². The van der Waals surface area contributed by atoms with Crippen molar-refractivity contribution in [2.45, 2.75) is 26.3 Å². The Kier molecular flexibility index (Phi) is 10.4. The Bertz CT molecular complexity index is 691. The number of hydrogen-bond donors (Lipinski definition) is 3. The molecule has 1 unspecified atom stereocenters. The zero-order valence-corrected chi connectivity index (χ0v) is 15.5. The molecule has 0 saturated carbocycles. The Hall–Kier alpha value is -2.33. The highest BCUT2D eigenvalue weighted by atomic mass is 35.5. The summed E-state index contributed by atoms with van der Waals surface area (Å²) < 4.78 is 39.4. The number of benzene rings is 1. The van der Waals surface area contributed by atoms with Gasteiger partial charge in [-0.15, -0.1) is 12.4 Å². The number of carboxylic acid groups (broad SMARTS) is 1. The maximum Gasteiger partial charge on any atom is 0.317 e. The Morgan fingerprint density at radius 1 is 1.19 bits per heavy atom. The number of carbonyl (C=O) groups is 3. The van der Waals surface area contributed by atoms with Crippen LogP contribution in [0.2, 0.25) is 0 Å². The molecule has 11 heteroatoms. The van der Waals surface area contributed by atoms with Crippen LogP contribution in [-0.4, -0.2) is 53.5 Å².